The van der Waals surface area contributed by atoms with Crippen LogP contribution in [-0.4, -0.2) is 512 Å². The van der Waals surface area contributed by atoms with Gasteiger partial charge in [0.2, 0.25) is 17.7 Å². The highest BCUT2D eigenvalue weighted by Gasteiger charge is 2.22. The fraction of sp³-hybridized carbons (Fsp3) is 0.823. The number of thiol groups is 1. The van der Waals surface area contributed by atoms with Gasteiger partial charge in [0.05, 0.1) is 488 Å². The summed E-state index contributed by atoms with van der Waals surface area (Å²) in [7, 11) is 0. The van der Waals surface area contributed by atoms with E-state index in [1.165, 1.54) is 0 Å². The average Bonchev–Trinajstić information content (AvgIpc) is 0.804. The molecule has 0 saturated carbocycles. The minimum Gasteiger partial charge on any atom is -0.379 e. The van der Waals surface area contributed by atoms with E-state index in [2.05, 4.69) is 35.1 Å². The van der Waals surface area contributed by atoms with Crippen LogP contribution in [-0.2, 0) is 191 Å². The number of nitrogens with one attached hydrogen (secondary N) is 2. The van der Waals surface area contributed by atoms with Gasteiger partial charge in [-0.15, -0.1) is 0 Å². The fourth-order valence-electron chi connectivity index (χ4n) is 11.2. The molecule has 0 bridgehead atoms. The Morgan fingerprint density at radius 3 is 0.604 bits per heavy atom. The quantitative estimate of drug-likeness (QED) is 0.0487. The maximum absolute atomic E-state index is 13.4. The van der Waals surface area contributed by atoms with E-state index in [1.807, 2.05) is 48.5 Å². The Balaban J connectivity index is 0.831. The Hall–Kier alpha value is -4.68. The molecule has 3 amide bonds. The number of ether oxygens (including phenoxy) is 36. The number of benzene rings is 2. The Morgan fingerprint density at radius 2 is 0.381 bits per heavy atom. The number of rotatable bonds is 116. The predicted molar refractivity (Wildman–Crippen MR) is 513 cm³/mol. The molecule has 0 spiro atoms. The van der Waals surface area contributed by atoms with Crippen LogP contribution in [0.4, 0.5) is 5.69 Å². The summed E-state index contributed by atoms with van der Waals surface area (Å²) in [5.74, 6) is 6.66. The van der Waals surface area contributed by atoms with Crippen molar-refractivity contribution in [1.29, 1.82) is 0 Å². The summed E-state index contributed by atoms with van der Waals surface area (Å²) < 4.78 is 199. The number of amides is 3. The van der Waals surface area contributed by atoms with E-state index in [0.29, 0.717) is 494 Å². The molecular weight excluding hydrogens is 1850 g/mol. The van der Waals surface area contributed by atoms with Crippen molar-refractivity contribution in [3.05, 3.63) is 65.2 Å². The van der Waals surface area contributed by atoms with Crippen molar-refractivity contribution in [3.63, 3.8) is 0 Å². The maximum atomic E-state index is 13.4. The van der Waals surface area contributed by atoms with Crippen molar-refractivity contribution in [2.75, 3.05) is 499 Å². The van der Waals surface area contributed by atoms with Gasteiger partial charge in [-0.05, 0) is 29.5 Å². The first-order chi connectivity index (χ1) is 69.1. The molecule has 1 aliphatic rings. The molecule has 42 nitrogen and oxygen atoms in total. The summed E-state index contributed by atoms with van der Waals surface area (Å²) in [4.78, 5) is 38.8. The molecule has 139 heavy (non-hydrogen) atoms. The molecule has 1 heterocycles. The standard InChI is InChI=1S/C96H169N3O39S/c100-94(97-14-11-96(102)99-89-92-7-2-1-5-90(92)9-10-91-6-3-4-8-93(91)99)12-16-103-18-20-105-22-24-107-26-28-109-30-32-111-34-36-113-38-40-115-42-44-117-46-48-119-50-52-121-54-56-123-58-60-125-62-64-127-66-68-129-70-72-131-74-76-133-78-80-135-82-84-137-86-87-138-85-83-136-81-79-134-77-75-132-73-71-130-69-67-128-65-63-126-61-59-124-57-55-122-53-51-120-49-47-118-45-43-116-41-39-114-37-35-112-33-31-110-29-27-108-25-23-106-21-19-104-17-15-98-95(101)13-88-139/h1-8,139H,11-89H2,(H,97,100)(H,98,101). The molecule has 0 fully saturated rings. The minimum absolute atomic E-state index is 0.0237. The summed E-state index contributed by atoms with van der Waals surface area (Å²) in [6.07, 6.45) is 0.751. The van der Waals surface area contributed by atoms with Crippen LogP contribution in [0.3, 0.4) is 0 Å². The van der Waals surface area contributed by atoms with Gasteiger partial charge in [-0.3, -0.25) is 14.4 Å². The van der Waals surface area contributed by atoms with Crippen molar-refractivity contribution in [2.45, 2.75) is 25.8 Å². The van der Waals surface area contributed by atoms with Gasteiger partial charge in [-0.25, -0.2) is 0 Å². The second-order valence-corrected chi connectivity index (χ2v) is 29.6. The van der Waals surface area contributed by atoms with Crippen LogP contribution < -0.4 is 15.5 Å². The lowest BCUT2D eigenvalue weighted by Gasteiger charge is -2.26. The average molecular weight is 2020 g/mol. The minimum atomic E-state index is -0.181. The number of nitrogens with zero attached hydrogens (tertiary/aromatic N) is 1. The van der Waals surface area contributed by atoms with Gasteiger partial charge >= 0.3 is 0 Å². The fourth-order valence-corrected chi connectivity index (χ4v) is 11.4. The molecule has 2 aromatic rings. The molecule has 1 aliphatic heterocycles. The molecule has 43 heteroatoms. The van der Waals surface area contributed by atoms with Crippen molar-refractivity contribution in [1.82, 2.24) is 10.6 Å². The van der Waals surface area contributed by atoms with Gasteiger partial charge in [-0.2, -0.15) is 12.6 Å². The molecule has 2 aromatic carbocycles. The number of carbonyl (C=O) groups is 3. The lowest BCUT2D eigenvalue weighted by Crippen LogP contribution is -2.35. The van der Waals surface area contributed by atoms with Crippen LogP contribution in [0, 0.1) is 11.8 Å². The molecule has 808 valence electrons. The van der Waals surface area contributed by atoms with Gasteiger partial charge in [0.25, 0.3) is 0 Å². The van der Waals surface area contributed by atoms with Gasteiger partial charge in [-0.1, -0.05) is 42.2 Å². The van der Waals surface area contributed by atoms with Gasteiger partial charge in [0.15, 0.2) is 0 Å². The molecular formula is C96H169N3O39S. The number of hydrogen-bond donors (Lipinski definition) is 3. The van der Waals surface area contributed by atoms with Crippen LogP contribution in [0.1, 0.15) is 36.0 Å². The lowest BCUT2D eigenvalue weighted by molar-refractivity contribution is -0.123. The molecule has 0 atom stereocenters. The summed E-state index contributed by atoms with van der Waals surface area (Å²) in [6, 6.07) is 15.4. The zero-order valence-electron chi connectivity index (χ0n) is 82.8. The maximum Gasteiger partial charge on any atom is 0.229 e. The van der Waals surface area contributed by atoms with Gasteiger partial charge in [0.1, 0.15) is 0 Å². The van der Waals surface area contributed by atoms with Crippen molar-refractivity contribution in [2.24, 2.45) is 0 Å². The number of hydrogen-bond acceptors (Lipinski definition) is 40. The third kappa shape index (κ3) is 92.9. The van der Waals surface area contributed by atoms with E-state index in [1.54, 1.807) is 4.90 Å². The first kappa shape index (κ1) is 128. The van der Waals surface area contributed by atoms with E-state index >= 15 is 0 Å². The second kappa shape index (κ2) is 109. The van der Waals surface area contributed by atoms with Crippen LogP contribution in [0.25, 0.3) is 0 Å². The highest BCUT2D eigenvalue weighted by Crippen LogP contribution is 2.26. The van der Waals surface area contributed by atoms with Crippen LogP contribution in [0.15, 0.2) is 48.5 Å². The molecule has 0 unspecified atom stereocenters. The predicted octanol–water partition coefficient (Wildman–Crippen LogP) is 2.86. The molecule has 0 aliphatic carbocycles. The van der Waals surface area contributed by atoms with Gasteiger partial charge < -0.3 is 186 Å². The normalized spacial score (nSPS) is 11.9. The zero-order chi connectivity index (χ0) is 98.4. The third-order valence-corrected chi connectivity index (χ3v) is 18.5. The molecule has 2 N–H and O–H groups in total. The SMILES string of the molecule is O=C(CCS)NCCOCCOCCOCCOCCOCCOCCOCCOCCOCCOCCOCCOCCOCCOCCOCCOCCOCCOCCOCCOCCOCCOCCOCCOCCOCCOCCOCCOCCOCCOCCOCCOCCOCCOCCOCCOCCC(=O)NCCC(=O)N1Cc2ccccc2C#Cc2ccccc21. The Kier molecular flexibility index (Phi) is 101. The Labute approximate surface area is 830 Å². The molecule has 0 saturated heterocycles. The van der Waals surface area contributed by atoms with E-state index in [-0.39, 0.29) is 43.7 Å². The molecule has 0 aromatic heterocycles. The number of anilines is 1. The van der Waals surface area contributed by atoms with E-state index in [0.717, 1.165) is 22.4 Å². The zero-order valence-corrected chi connectivity index (χ0v) is 83.7. The van der Waals surface area contributed by atoms with Crippen LogP contribution in [0.2, 0.25) is 0 Å². The summed E-state index contributed by atoms with van der Waals surface area (Å²) >= 11 is 4.02. The smallest absolute Gasteiger partial charge is 0.229 e. The highest BCUT2D eigenvalue weighted by molar-refractivity contribution is 7.80. The topological polar surface area (TPSA) is 411 Å². The number of fused-ring (bicyclic) bond motifs is 2. The molecule has 3 rings (SSSR count). The molecule has 0 radical (unpaired) electrons. The van der Waals surface area contributed by atoms with E-state index in [9.17, 15) is 14.4 Å². The number of carbonyl (C=O) groups excluding carboxylic acids is 3. The first-order valence-corrected chi connectivity index (χ1v) is 49.6. The summed E-state index contributed by atoms with van der Waals surface area (Å²) in [5, 5.41) is 5.58. The summed E-state index contributed by atoms with van der Waals surface area (Å²) in [5.41, 5.74) is 3.43. The number of para-hydroxylation sites is 1. The highest BCUT2D eigenvalue weighted by atomic mass is 32.1. The van der Waals surface area contributed by atoms with Gasteiger partial charge in [0, 0.05) is 43.5 Å². The largest absolute Gasteiger partial charge is 0.379 e. The van der Waals surface area contributed by atoms with Crippen molar-refractivity contribution < 1.29 is 185 Å². The van der Waals surface area contributed by atoms with Crippen LogP contribution >= 0.6 is 12.6 Å². The second-order valence-electron chi connectivity index (χ2n) is 29.1. The van der Waals surface area contributed by atoms with Crippen molar-refractivity contribution >= 4 is 36.0 Å². The van der Waals surface area contributed by atoms with Crippen molar-refractivity contribution in [3.8, 4) is 11.8 Å². The monoisotopic (exact) mass is 2020 g/mol. The van der Waals surface area contributed by atoms with E-state index in [4.69, 9.17) is 171 Å². The summed E-state index contributed by atoms with van der Waals surface area (Å²) in [6.45, 7) is 34.4. The lowest BCUT2D eigenvalue weighted by atomic mass is 10.0. The van der Waals surface area contributed by atoms with Crippen LogP contribution in [0.5, 0.6) is 0 Å². The third-order valence-electron chi connectivity index (χ3n) is 18.2. The first-order valence-electron chi connectivity index (χ1n) is 49.0. The van der Waals surface area contributed by atoms with E-state index < -0.39 is 0 Å². The Bertz CT molecular complexity index is 2930. The Morgan fingerprint density at radius 1 is 0.209 bits per heavy atom.